The van der Waals surface area contributed by atoms with E-state index in [1.165, 1.54) is 18.0 Å². The maximum atomic E-state index is 4.17. The quantitative estimate of drug-likeness (QED) is 0.761. The molecule has 98 valence electrons. The third-order valence-electron chi connectivity index (χ3n) is 2.68. The lowest BCUT2D eigenvalue weighted by Gasteiger charge is -2.20. The summed E-state index contributed by atoms with van der Waals surface area (Å²) in [6.07, 6.45) is 1.19. The van der Waals surface area contributed by atoms with Gasteiger partial charge in [-0.1, -0.05) is 11.4 Å². The molecule has 0 saturated carbocycles. The van der Waals surface area contributed by atoms with Crippen molar-refractivity contribution in [3.05, 3.63) is 5.69 Å². The van der Waals surface area contributed by atoms with Gasteiger partial charge in [0.2, 0.25) is 0 Å². The Kier molecular flexibility index (Phi) is 6.39. The monoisotopic (exact) mass is 257 g/mol. The first-order valence-electron chi connectivity index (χ1n) is 6.03. The number of aromatic nitrogens is 2. The van der Waals surface area contributed by atoms with Crippen LogP contribution in [-0.2, 0) is 6.54 Å². The van der Waals surface area contributed by atoms with Gasteiger partial charge in [-0.3, -0.25) is 4.90 Å². The average molecular weight is 257 g/mol. The average Bonchev–Trinajstić information content (AvgIpc) is 2.74. The molecule has 1 N–H and O–H groups in total. The Morgan fingerprint density at radius 1 is 1.29 bits per heavy atom. The predicted octanol–water partition coefficient (Wildman–Crippen LogP) is 1.35. The molecule has 17 heavy (non-hydrogen) atoms. The van der Waals surface area contributed by atoms with Gasteiger partial charge in [0.1, 0.15) is 10.7 Å². The molecule has 0 aliphatic heterocycles. The second-order valence-corrected chi connectivity index (χ2v) is 5.08. The second-order valence-electron chi connectivity index (χ2n) is 4.32. The van der Waals surface area contributed by atoms with E-state index in [1.54, 1.807) is 0 Å². The summed E-state index contributed by atoms with van der Waals surface area (Å²) >= 11 is 1.42. The molecule has 0 fully saturated rings. The van der Waals surface area contributed by atoms with Crippen LogP contribution < -0.4 is 5.32 Å². The van der Waals surface area contributed by atoms with Gasteiger partial charge in [0.15, 0.2) is 0 Å². The summed E-state index contributed by atoms with van der Waals surface area (Å²) in [6, 6.07) is 0. The molecule has 0 amide bonds. The largest absolute Gasteiger partial charge is 0.377 e. The van der Waals surface area contributed by atoms with Crippen molar-refractivity contribution < 1.29 is 0 Å². The molecular weight excluding hydrogens is 234 g/mol. The van der Waals surface area contributed by atoms with Crippen LogP contribution in [0, 0.1) is 0 Å². The Labute approximate surface area is 108 Å². The first-order valence-corrected chi connectivity index (χ1v) is 6.80. The minimum Gasteiger partial charge on any atom is -0.377 e. The third-order valence-corrected chi connectivity index (χ3v) is 3.47. The Morgan fingerprint density at radius 2 is 2.06 bits per heavy atom. The van der Waals surface area contributed by atoms with Gasteiger partial charge in [0.05, 0.1) is 0 Å². The highest BCUT2D eigenvalue weighted by Crippen LogP contribution is 2.18. The fourth-order valence-corrected chi connectivity index (χ4v) is 2.20. The molecule has 0 aromatic carbocycles. The van der Waals surface area contributed by atoms with Crippen LogP contribution in [-0.4, -0.2) is 60.2 Å². The molecule has 1 aromatic rings. The Balaban J connectivity index is 2.41. The topological polar surface area (TPSA) is 44.3 Å². The zero-order valence-corrected chi connectivity index (χ0v) is 12.0. The van der Waals surface area contributed by atoms with Crippen LogP contribution in [0.5, 0.6) is 0 Å². The van der Waals surface area contributed by atoms with Crippen molar-refractivity contribution in [1.82, 2.24) is 19.4 Å². The fourth-order valence-electron chi connectivity index (χ4n) is 1.67. The van der Waals surface area contributed by atoms with Crippen LogP contribution in [0.3, 0.4) is 0 Å². The molecule has 0 saturated heterocycles. The second kappa shape index (κ2) is 7.58. The van der Waals surface area contributed by atoms with E-state index in [2.05, 4.69) is 45.7 Å². The van der Waals surface area contributed by atoms with E-state index < -0.39 is 0 Å². The first kappa shape index (κ1) is 14.3. The van der Waals surface area contributed by atoms with Gasteiger partial charge in [-0.15, -0.1) is 5.10 Å². The molecule has 0 aliphatic carbocycles. The highest BCUT2D eigenvalue weighted by Gasteiger charge is 2.10. The van der Waals surface area contributed by atoms with Gasteiger partial charge in [0, 0.05) is 25.1 Å². The van der Waals surface area contributed by atoms with E-state index in [1.807, 2.05) is 7.05 Å². The van der Waals surface area contributed by atoms with E-state index in [9.17, 15) is 0 Å². The first-order chi connectivity index (χ1) is 8.17. The van der Waals surface area contributed by atoms with Crippen molar-refractivity contribution in [3.63, 3.8) is 0 Å². The Bertz CT molecular complexity index is 313. The van der Waals surface area contributed by atoms with Crippen molar-refractivity contribution in [3.8, 4) is 0 Å². The standard InChI is InChI=1S/C11H23N5S/c1-5-16(8-6-7-15(3)4)9-10-11(12-2)17-14-13-10/h12H,5-9H2,1-4H3. The molecule has 0 bridgehead atoms. The lowest BCUT2D eigenvalue weighted by atomic mass is 10.3. The molecule has 0 radical (unpaired) electrons. The van der Waals surface area contributed by atoms with Crippen LogP contribution in [0.4, 0.5) is 5.00 Å². The highest BCUT2D eigenvalue weighted by molar-refractivity contribution is 7.10. The smallest absolute Gasteiger partial charge is 0.134 e. The summed E-state index contributed by atoms with van der Waals surface area (Å²) in [5.74, 6) is 0. The van der Waals surface area contributed by atoms with Crippen LogP contribution >= 0.6 is 11.5 Å². The van der Waals surface area contributed by atoms with Gasteiger partial charge in [-0.25, -0.2) is 0 Å². The van der Waals surface area contributed by atoms with Crippen molar-refractivity contribution in [2.24, 2.45) is 0 Å². The Morgan fingerprint density at radius 3 is 2.65 bits per heavy atom. The number of anilines is 1. The minimum atomic E-state index is 0.886. The molecule has 1 aromatic heterocycles. The maximum Gasteiger partial charge on any atom is 0.134 e. The molecular formula is C11H23N5S. The fraction of sp³-hybridized carbons (Fsp3) is 0.818. The van der Waals surface area contributed by atoms with Gasteiger partial charge in [-0.05, 0) is 40.2 Å². The zero-order chi connectivity index (χ0) is 12.7. The summed E-state index contributed by atoms with van der Waals surface area (Å²) in [7, 11) is 6.14. The van der Waals surface area contributed by atoms with Gasteiger partial charge in [-0.2, -0.15) is 0 Å². The predicted molar refractivity (Wildman–Crippen MR) is 73.6 cm³/mol. The minimum absolute atomic E-state index is 0.886. The number of hydrogen-bond acceptors (Lipinski definition) is 6. The van der Waals surface area contributed by atoms with E-state index >= 15 is 0 Å². The lowest BCUT2D eigenvalue weighted by Crippen LogP contribution is -2.27. The van der Waals surface area contributed by atoms with E-state index in [0.29, 0.717) is 0 Å². The van der Waals surface area contributed by atoms with Crippen molar-refractivity contribution >= 4 is 16.5 Å². The summed E-state index contributed by atoms with van der Waals surface area (Å²) in [6.45, 7) is 6.36. The lowest BCUT2D eigenvalue weighted by molar-refractivity contribution is 0.257. The van der Waals surface area contributed by atoms with Crippen LogP contribution in [0.1, 0.15) is 19.0 Å². The molecule has 1 heterocycles. The molecule has 0 aliphatic rings. The summed E-state index contributed by atoms with van der Waals surface area (Å²) < 4.78 is 3.98. The van der Waals surface area contributed by atoms with Gasteiger partial charge >= 0.3 is 0 Å². The molecule has 1 rings (SSSR count). The van der Waals surface area contributed by atoms with Crippen molar-refractivity contribution in [1.29, 1.82) is 0 Å². The zero-order valence-electron chi connectivity index (χ0n) is 11.2. The summed E-state index contributed by atoms with van der Waals surface area (Å²) in [4.78, 5) is 4.62. The maximum absolute atomic E-state index is 4.17. The molecule has 5 nitrogen and oxygen atoms in total. The number of rotatable bonds is 8. The van der Waals surface area contributed by atoms with E-state index in [0.717, 1.165) is 36.9 Å². The highest BCUT2D eigenvalue weighted by atomic mass is 32.1. The molecule has 0 spiro atoms. The number of nitrogens with zero attached hydrogens (tertiary/aromatic N) is 4. The Hall–Kier alpha value is -0.720. The van der Waals surface area contributed by atoms with Gasteiger partial charge < -0.3 is 10.2 Å². The van der Waals surface area contributed by atoms with Crippen LogP contribution in [0.15, 0.2) is 0 Å². The number of nitrogens with one attached hydrogen (secondary N) is 1. The SMILES string of the molecule is CCN(CCCN(C)C)Cc1nnsc1NC. The summed E-state index contributed by atoms with van der Waals surface area (Å²) in [5, 5.41) is 8.39. The van der Waals surface area contributed by atoms with Crippen molar-refractivity contribution in [2.75, 3.05) is 46.1 Å². The van der Waals surface area contributed by atoms with Gasteiger partial charge in [0.25, 0.3) is 0 Å². The summed E-state index contributed by atoms with van der Waals surface area (Å²) in [5.41, 5.74) is 1.06. The number of hydrogen-bond donors (Lipinski definition) is 1. The van der Waals surface area contributed by atoms with E-state index in [4.69, 9.17) is 0 Å². The van der Waals surface area contributed by atoms with Crippen LogP contribution in [0.2, 0.25) is 0 Å². The molecule has 0 unspecified atom stereocenters. The van der Waals surface area contributed by atoms with Crippen molar-refractivity contribution in [2.45, 2.75) is 19.9 Å². The third kappa shape index (κ3) is 4.97. The normalized spacial score (nSPS) is 11.4. The molecule has 0 atom stereocenters. The van der Waals surface area contributed by atoms with E-state index in [-0.39, 0.29) is 0 Å². The molecule has 6 heteroatoms. The van der Waals surface area contributed by atoms with Crippen LogP contribution in [0.25, 0.3) is 0 Å².